The first-order chi connectivity index (χ1) is 17.7. The molecule has 36 heavy (non-hydrogen) atoms. The number of carbonyl (C=O) groups excluding carboxylic acids is 1. The Morgan fingerprint density at radius 3 is 2.33 bits per heavy atom. The molecule has 1 aromatic heterocycles. The molecule has 0 aliphatic heterocycles. The van der Waals surface area contributed by atoms with Crippen LogP contribution in [0.2, 0.25) is 0 Å². The molecule has 182 valence electrons. The van der Waals surface area contributed by atoms with Crippen LogP contribution in [-0.2, 0) is 24.4 Å². The molecule has 0 unspecified atom stereocenters. The second-order valence-electron chi connectivity index (χ2n) is 8.33. The van der Waals surface area contributed by atoms with Crippen LogP contribution in [0.3, 0.4) is 0 Å². The quantitative estimate of drug-likeness (QED) is 0.250. The molecule has 0 aliphatic rings. The number of benzene rings is 3. The van der Waals surface area contributed by atoms with Crippen LogP contribution in [0.5, 0.6) is 11.5 Å². The number of nitrogens with zero attached hydrogens (tertiary/aromatic N) is 2. The van der Waals surface area contributed by atoms with E-state index in [1.807, 2.05) is 108 Å². The fourth-order valence-electron chi connectivity index (χ4n) is 3.79. The van der Waals surface area contributed by atoms with Gasteiger partial charge in [-0.2, -0.15) is 0 Å². The van der Waals surface area contributed by atoms with E-state index in [1.165, 1.54) is 0 Å². The zero-order chi connectivity index (χ0) is 25.0. The predicted octanol–water partition coefficient (Wildman–Crippen LogP) is 5.95. The number of carbonyl (C=O) groups is 1. The molecule has 4 aromatic rings. The highest BCUT2D eigenvalue weighted by molar-refractivity contribution is 5.91. The van der Waals surface area contributed by atoms with Crippen molar-refractivity contribution in [1.82, 2.24) is 9.88 Å². The summed E-state index contributed by atoms with van der Waals surface area (Å²) in [7, 11) is 1.63. The monoisotopic (exact) mass is 478 g/mol. The molecular weight excluding hydrogens is 448 g/mol. The lowest BCUT2D eigenvalue weighted by Gasteiger charge is -2.22. The van der Waals surface area contributed by atoms with Crippen molar-refractivity contribution in [3.8, 4) is 11.5 Å². The Morgan fingerprint density at radius 2 is 1.61 bits per heavy atom. The van der Waals surface area contributed by atoms with Gasteiger partial charge in [0, 0.05) is 37.5 Å². The summed E-state index contributed by atoms with van der Waals surface area (Å²) >= 11 is 0. The second-order valence-corrected chi connectivity index (χ2v) is 8.33. The van der Waals surface area contributed by atoms with E-state index >= 15 is 0 Å². The zero-order valence-electron chi connectivity index (χ0n) is 20.4. The average molecular weight is 479 g/mol. The molecule has 4 rings (SSSR count). The van der Waals surface area contributed by atoms with E-state index in [1.54, 1.807) is 19.4 Å². The van der Waals surface area contributed by atoms with Crippen LogP contribution in [0.25, 0.3) is 6.08 Å². The zero-order valence-corrected chi connectivity index (χ0v) is 20.4. The van der Waals surface area contributed by atoms with Gasteiger partial charge in [-0.1, -0.05) is 72.8 Å². The molecule has 0 bridgehead atoms. The number of hydrogen-bond acceptors (Lipinski definition) is 4. The summed E-state index contributed by atoms with van der Waals surface area (Å²) in [5, 5.41) is 0. The van der Waals surface area contributed by atoms with Gasteiger partial charge in [0.25, 0.3) is 0 Å². The molecule has 0 fully saturated rings. The van der Waals surface area contributed by atoms with Crippen LogP contribution in [0, 0.1) is 0 Å². The van der Waals surface area contributed by atoms with Crippen LogP contribution >= 0.6 is 0 Å². The Kier molecular flexibility index (Phi) is 8.87. The molecular formula is C31H30N2O3. The van der Waals surface area contributed by atoms with Crippen molar-refractivity contribution in [2.45, 2.75) is 19.6 Å². The molecule has 0 aliphatic carbocycles. The van der Waals surface area contributed by atoms with Crippen molar-refractivity contribution >= 4 is 12.0 Å². The predicted molar refractivity (Wildman–Crippen MR) is 143 cm³/mol. The van der Waals surface area contributed by atoms with Crippen molar-refractivity contribution in [2.24, 2.45) is 0 Å². The first kappa shape index (κ1) is 24.7. The van der Waals surface area contributed by atoms with Crippen LogP contribution in [0.4, 0.5) is 0 Å². The SMILES string of the molecule is COc1cc(CN(CCc2ccccn2)C(=O)C=Cc2ccccc2)ccc1OCc1ccccc1. The fraction of sp³-hybridized carbons (Fsp3) is 0.161. The maximum Gasteiger partial charge on any atom is 0.246 e. The largest absolute Gasteiger partial charge is 0.493 e. The van der Waals surface area contributed by atoms with Crippen molar-refractivity contribution < 1.29 is 14.3 Å². The van der Waals surface area contributed by atoms with Gasteiger partial charge in [-0.05, 0) is 47.0 Å². The first-order valence-corrected chi connectivity index (χ1v) is 12.0. The molecule has 1 heterocycles. The number of hydrogen-bond donors (Lipinski definition) is 0. The van der Waals surface area contributed by atoms with Gasteiger partial charge in [0.15, 0.2) is 11.5 Å². The molecule has 0 radical (unpaired) electrons. The first-order valence-electron chi connectivity index (χ1n) is 12.0. The van der Waals surface area contributed by atoms with Gasteiger partial charge in [-0.15, -0.1) is 0 Å². The van der Waals surface area contributed by atoms with E-state index in [-0.39, 0.29) is 5.91 Å². The Hall–Kier alpha value is -4.38. The van der Waals surface area contributed by atoms with Gasteiger partial charge in [0.1, 0.15) is 6.61 Å². The van der Waals surface area contributed by atoms with Gasteiger partial charge >= 0.3 is 0 Å². The van der Waals surface area contributed by atoms with E-state index in [9.17, 15) is 4.79 Å². The molecule has 5 nitrogen and oxygen atoms in total. The van der Waals surface area contributed by atoms with Crippen molar-refractivity contribution in [1.29, 1.82) is 0 Å². The summed E-state index contributed by atoms with van der Waals surface area (Å²) in [6.07, 6.45) is 5.91. The number of methoxy groups -OCH3 is 1. The Balaban J connectivity index is 1.48. The lowest BCUT2D eigenvalue weighted by atomic mass is 10.1. The lowest BCUT2D eigenvalue weighted by Crippen LogP contribution is -2.31. The lowest BCUT2D eigenvalue weighted by molar-refractivity contribution is -0.126. The Bertz CT molecular complexity index is 1260. The van der Waals surface area contributed by atoms with Crippen LogP contribution in [-0.4, -0.2) is 29.4 Å². The van der Waals surface area contributed by atoms with E-state index in [2.05, 4.69) is 4.98 Å². The summed E-state index contributed by atoms with van der Waals surface area (Å²) < 4.78 is 11.6. The number of aromatic nitrogens is 1. The molecule has 5 heteroatoms. The fourth-order valence-corrected chi connectivity index (χ4v) is 3.79. The summed E-state index contributed by atoms with van der Waals surface area (Å²) in [6.45, 7) is 1.44. The average Bonchev–Trinajstić information content (AvgIpc) is 2.94. The van der Waals surface area contributed by atoms with E-state index in [4.69, 9.17) is 9.47 Å². The molecule has 0 N–H and O–H groups in total. The third kappa shape index (κ3) is 7.31. The summed E-state index contributed by atoms with van der Waals surface area (Å²) in [6, 6.07) is 31.5. The molecule has 0 saturated heterocycles. The standard InChI is InChI=1S/C31H30N2O3/c1-35-30-22-27(15-17-29(30)36-24-26-12-6-3-7-13-26)23-33(21-19-28-14-8-9-20-32-28)31(34)18-16-25-10-4-2-5-11-25/h2-18,20,22H,19,21,23-24H2,1H3. The number of rotatable bonds is 11. The summed E-state index contributed by atoms with van der Waals surface area (Å²) in [4.78, 5) is 19.4. The number of ether oxygens (including phenoxy) is 2. The molecule has 0 atom stereocenters. The van der Waals surface area contributed by atoms with Crippen LogP contribution in [0.1, 0.15) is 22.4 Å². The van der Waals surface area contributed by atoms with E-state index < -0.39 is 0 Å². The highest BCUT2D eigenvalue weighted by Gasteiger charge is 2.14. The second kappa shape index (κ2) is 12.9. The van der Waals surface area contributed by atoms with Crippen LogP contribution in [0.15, 0.2) is 109 Å². The Morgan fingerprint density at radius 1 is 0.861 bits per heavy atom. The smallest absolute Gasteiger partial charge is 0.246 e. The van der Waals surface area contributed by atoms with Gasteiger partial charge in [-0.25, -0.2) is 0 Å². The van der Waals surface area contributed by atoms with Gasteiger partial charge in [0.2, 0.25) is 5.91 Å². The van der Waals surface area contributed by atoms with Gasteiger partial charge in [0.05, 0.1) is 7.11 Å². The minimum absolute atomic E-state index is 0.0573. The maximum atomic E-state index is 13.2. The number of pyridine rings is 1. The molecule has 0 saturated carbocycles. The maximum absolute atomic E-state index is 13.2. The van der Waals surface area contributed by atoms with E-state index in [0.717, 1.165) is 22.4 Å². The molecule has 3 aromatic carbocycles. The summed E-state index contributed by atoms with van der Waals surface area (Å²) in [5.74, 6) is 1.25. The molecule has 1 amide bonds. The van der Waals surface area contributed by atoms with Crippen molar-refractivity contribution in [3.63, 3.8) is 0 Å². The number of amides is 1. The summed E-state index contributed by atoms with van der Waals surface area (Å²) in [5.41, 5.74) is 3.98. The minimum atomic E-state index is -0.0573. The van der Waals surface area contributed by atoms with Crippen LogP contribution < -0.4 is 9.47 Å². The minimum Gasteiger partial charge on any atom is -0.493 e. The highest BCUT2D eigenvalue weighted by Crippen LogP contribution is 2.29. The van der Waals surface area contributed by atoms with Crippen molar-refractivity contribution in [3.05, 3.63) is 132 Å². The van der Waals surface area contributed by atoms with E-state index in [0.29, 0.717) is 37.6 Å². The van der Waals surface area contributed by atoms with Crippen molar-refractivity contribution in [2.75, 3.05) is 13.7 Å². The molecule has 0 spiro atoms. The highest BCUT2D eigenvalue weighted by atomic mass is 16.5. The van der Waals surface area contributed by atoms with Gasteiger partial charge in [-0.3, -0.25) is 9.78 Å². The third-order valence-electron chi connectivity index (χ3n) is 5.73. The third-order valence-corrected chi connectivity index (χ3v) is 5.73. The topological polar surface area (TPSA) is 51.7 Å². The van der Waals surface area contributed by atoms with Gasteiger partial charge < -0.3 is 14.4 Å². The Labute approximate surface area is 212 Å². The normalized spacial score (nSPS) is 10.8.